The predicted molar refractivity (Wildman–Crippen MR) is 75.7 cm³/mol. The number of carboxylic acid groups (broad SMARTS) is 1. The smallest absolute Gasteiger partial charge is 0.306 e. The van der Waals surface area contributed by atoms with E-state index in [9.17, 15) is 9.59 Å². The van der Waals surface area contributed by atoms with Crippen molar-refractivity contribution in [3.63, 3.8) is 0 Å². The van der Waals surface area contributed by atoms with Crippen LogP contribution in [0, 0.1) is 11.8 Å². The first-order valence-electron chi connectivity index (χ1n) is 7.35. The molecule has 0 aromatic heterocycles. The average molecular weight is 289 g/mol. The summed E-state index contributed by atoms with van der Waals surface area (Å²) in [6, 6.07) is 5.58. The van der Waals surface area contributed by atoms with E-state index < -0.39 is 5.97 Å². The van der Waals surface area contributed by atoms with Gasteiger partial charge in [-0.3, -0.25) is 9.59 Å². The van der Waals surface area contributed by atoms with Gasteiger partial charge in [0.25, 0.3) is 5.91 Å². The molecule has 3 rings (SSSR count). The summed E-state index contributed by atoms with van der Waals surface area (Å²) < 4.78 is 5.33. The molecule has 2 aliphatic rings. The molecule has 2 unspecified atom stereocenters. The third-order valence-electron chi connectivity index (χ3n) is 4.48. The summed E-state index contributed by atoms with van der Waals surface area (Å²) in [5.74, 6) is -1.16. The number of carboxylic acids is 1. The zero-order valence-corrected chi connectivity index (χ0v) is 11.8. The predicted octanol–water partition coefficient (Wildman–Crippen LogP) is 1.95. The molecule has 1 aliphatic carbocycles. The van der Waals surface area contributed by atoms with Gasteiger partial charge in [0.15, 0.2) is 0 Å². The number of hydrogen-bond donors (Lipinski definition) is 2. The van der Waals surface area contributed by atoms with Crippen molar-refractivity contribution in [3.8, 4) is 0 Å². The summed E-state index contributed by atoms with van der Waals surface area (Å²) in [5.41, 5.74) is 2.81. The van der Waals surface area contributed by atoms with Gasteiger partial charge in [-0.25, -0.2) is 0 Å². The molecule has 1 aromatic rings. The fourth-order valence-corrected chi connectivity index (χ4v) is 3.25. The van der Waals surface area contributed by atoms with Gasteiger partial charge >= 0.3 is 5.97 Å². The molecule has 1 fully saturated rings. The third kappa shape index (κ3) is 2.93. The van der Waals surface area contributed by atoms with Crippen molar-refractivity contribution in [2.24, 2.45) is 11.8 Å². The molecule has 2 atom stereocenters. The number of nitrogens with one attached hydrogen (secondary N) is 1. The summed E-state index contributed by atoms with van der Waals surface area (Å²) in [6.45, 7) is 1.60. The van der Waals surface area contributed by atoms with Crippen LogP contribution in [0.1, 0.15) is 40.7 Å². The number of ether oxygens (including phenoxy) is 1. The molecule has 0 spiro atoms. The summed E-state index contributed by atoms with van der Waals surface area (Å²) in [4.78, 5) is 23.3. The highest BCUT2D eigenvalue weighted by Crippen LogP contribution is 2.31. The van der Waals surface area contributed by atoms with Crippen LogP contribution in [0.2, 0.25) is 0 Å². The summed E-state index contributed by atoms with van der Waals surface area (Å²) in [6.07, 6.45) is 2.51. The second-order valence-corrected chi connectivity index (χ2v) is 5.82. The number of rotatable bonds is 4. The van der Waals surface area contributed by atoms with Gasteiger partial charge in [0.05, 0.1) is 19.1 Å². The zero-order valence-electron chi connectivity index (χ0n) is 11.8. The Kier molecular flexibility index (Phi) is 3.92. The lowest BCUT2D eigenvalue weighted by atomic mass is 9.96. The van der Waals surface area contributed by atoms with E-state index in [-0.39, 0.29) is 17.7 Å². The van der Waals surface area contributed by atoms with Crippen LogP contribution in [0.3, 0.4) is 0 Å². The standard InChI is InChI=1S/C16H19NO4/c18-15(10-4-5-12-8-21-9-13(12)6-10)17-7-11-2-1-3-14(11)16(19)20/h4-6,11,14H,1-3,7-9H2,(H,17,18)(H,19,20). The van der Waals surface area contributed by atoms with Crippen LogP contribution >= 0.6 is 0 Å². The van der Waals surface area contributed by atoms with Crippen molar-refractivity contribution in [2.45, 2.75) is 32.5 Å². The molecule has 21 heavy (non-hydrogen) atoms. The molecule has 5 heteroatoms. The Morgan fingerprint density at radius 1 is 1.24 bits per heavy atom. The first-order valence-corrected chi connectivity index (χ1v) is 7.35. The molecule has 0 radical (unpaired) electrons. The lowest BCUT2D eigenvalue weighted by Gasteiger charge is -2.16. The van der Waals surface area contributed by atoms with Crippen LogP contribution in [0.25, 0.3) is 0 Å². The van der Waals surface area contributed by atoms with Crippen LogP contribution in [0.15, 0.2) is 18.2 Å². The number of carbonyl (C=O) groups excluding carboxylic acids is 1. The quantitative estimate of drug-likeness (QED) is 0.888. The number of hydrogen-bond acceptors (Lipinski definition) is 3. The molecule has 1 aromatic carbocycles. The van der Waals surface area contributed by atoms with Crippen molar-refractivity contribution >= 4 is 11.9 Å². The molecule has 112 valence electrons. The highest BCUT2D eigenvalue weighted by atomic mass is 16.5. The average Bonchev–Trinajstić information content (AvgIpc) is 3.12. The monoisotopic (exact) mass is 289 g/mol. The first kappa shape index (κ1) is 14.1. The summed E-state index contributed by atoms with van der Waals surface area (Å²) in [5, 5.41) is 12.0. The minimum atomic E-state index is -0.749. The summed E-state index contributed by atoms with van der Waals surface area (Å²) in [7, 11) is 0. The van der Waals surface area contributed by atoms with Gasteiger partial charge in [-0.2, -0.15) is 0 Å². The largest absolute Gasteiger partial charge is 0.481 e. The Morgan fingerprint density at radius 2 is 2.05 bits per heavy atom. The number of fused-ring (bicyclic) bond motifs is 1. The maximum Gasteiger partial charge on any atom is 0.306 e. The molecule has 0 bridgehead atoms. The van der Waals surface area contributed by atoms with E-state index in [0.29, 0.717) is 31.7 Å². The molecule has 1 aliphatic heterocycles. The topological polar surface area (TPSA) is 75.6 Å². The van der Waals surface area contributed by atoms with E-state index in [1.165, 1.54) is 0 Å². The number of benzene rings is 1. The van der Waals surface area contributed by atoms with Gasteiger partial charge in [-0.05, 0) is 42.0 Å². The van der Waals surface area contributed by atoms with E-state index in [1.54, 1.807) is 6.07 Å². The Bertz CT molecular complexity index is 569. The van der Waals surface area contributed by atoms with E-state index in [4.69, 9.17) is 9.84 Å². The van der Waals surface area contributed by atoms with Gasteiger partial charge in [-0.15, -0.1) is 0 Å². The zero-order chi connectivity index (χ0) is 14.8. The molecule has 5 nitrogen and oxygen atoms in total. The Hall–Kier alpha value is -1.88. The van der Waals surface area contributed by atoms with Crippen LogP contribution in [-0.2, 0) is 22.7 Å². The SMILES string of the molecule is O=C(NCC1CCCC1C(=O)O)c1ccc2c(c1)COC2. The molecule has 1 saturated carbocycles. The molecule has 0 saturated heterocycles. The molecular formula is C16H19NO4. The number of aliphatic carboxylic acids is 1. The normalized spacial score (nSPS) is 23.8. The molecule has 1 heterocycles. The van der Waals surface area contributed by atoms with E-state index in [2.05, 4.69) is 5.32 Å². The third-order valence-corrected chi connectivity index (χ3v) is 4.48. The second-order valence-electron chi connectivity index (χ2n) is 5.82. The lowest BCUT2D eigenvalue weighted by Crippen LogP contribution is -2.33. The number of carbonyl (C=O) groups is 2. The van der Waals surface area contributed by atoms with Crippen LogP contribution in [0.5, 0.6) is 0 Å². The minimum absolute atomic E-state index is 0.0456. The molecule has 1 amide bonds. The Morgan fingerprint density at radius 3 is 2.86 bits per heavy atom. The molecule has 2 N–H and O–H groups in total. The van der Waals surface area contributed by atoms with Crippen molar-refractivity contribution in [2.75, 3.05) is 6.54 Å². The van der Waals surface area contributed by atoms with E-state index in [1.807, 2.05) is 12.1 Å². The van der Waals surface area contributed by atoms with Crippen molar-refractivity contribution in [3.05, 3.63) is 34.9 Å². The minimum Gasteiger partial charge on any atom is -0.481 e. The maximum atomic E-state index is 12.2. The van der Waals surface area contributed by atoms with Gasteiger partial charge in [0.1, 0.15) is 0 Å². The fourth-order valence-electron chi connectivity index (χ4n) is 3.25. The highest BCUT2D eigenvalue weighted by Gasteiger charge is 2.32. The van der Waals surface area contributed by atoms with Gasteiger partial charge < -0.3 is 15.2 Å². The van der Waals surface area contributed by atoms with Gasteiger partial charge in [-0.1, -0.05) is 12.5 Å². The van der Waals surface area contributed by atoms with Crippen molar-refractivity contribution in [1.82, 2.24) is 5.32 Å². The van der Waals surface area contributed by atoms with Gasteiger partial charge in [0, 0.05) is 12.1 Å². The number of amides is 1. The van der Waals surface area contributed by atoms with Crippen LogP contribution in [-0.4, -0.2) is 23.5 Å². The second kappa shape index (κ2) is 5.85. The van der Waals surface area contributed by atoms with E-state index >= 15 is 0 Å². The first-order chi connectivity index (χ1) is 10.1. The van der Waals surface area contributed by atoms with Gasteiger partial charge in [0.2, 0.25) is 0 Å². The van der Waals surface area contributed by atoms with Crippen LogP contribution in [0.4, 0.5) is 0 Å². The lowest BCUT2D eigenvalue weighted by molar-refractivity contribution is -0.142. The van der Waals surface area contributed by atoms with Crippen molar-refractivity contribution in [1.29, 1.82) is 0 Å². The fraction of sp³-hybridized carbons (Fsp3) is 0.500. The van der Waals surface area contributed by atoms with Crippen LogP contribution < -0.4 is 5.32 Å². The van der Waals surface area contributed by atoms with E-state index in [0.717, 1.165) is 24.0 Å². The highest BCUT2D eigenvalue weighted by molar-refractivity contribution is 5.94. The van der Waals surface area contributed by atoms with Crippen molar-refractivity contribution < 1.29 is 19.4 Å². The summed E-state index contributed by atoms with van der Waals surface area (Å²) >= 11 is 0. The Balaban J connectivity index is 1.60. The molecular weight excluding hydrogens is 270 g/mol. The Labute approximate surface area is 123 Å². The maximum absolute atomic E-state index is 12.2.